The van der Waals surface area contributed by atoms with Crippen LogP contribution >= 0.6 is 0 Å². The molecule has 0 saturated carbocycles. The Balaban J connectivity index is 3.06. The number of rotatable bonds is 7. The number of amidine groups is 1. The standard InChI is InChI=1S/C13H22N4O2/c1-10(2)9-17(7-8-19-3)11-5-4-6-15-12(11)13(14)16-18/h4-6,10,18H,7-9H2,1-3H3,(H2,14,16). The first-order valence-electron chi connectivity index (χ1n) is 6.27. The van der Waals surface area contributed by atoms with Crippen LogP contribution in [0.1, 0.15) is 19.5 Å². The molecule has 0 saturated heterocycles. The molecule has 106 valence electrons. The molecular formula is C13H22N4O2. The molecule has 0 aliphatic rings. The summed E-state index contributed by atoms with van der Waals surface area (Å²) in [5, 5.41) is 11.9. The molecule has 1 aromatic rings. The van der Waals surface area contributed by atoms with Gasteiger partial charge in [-0.25, -0.2) is 0 Å². The fraction of sp³-hybridized carbons (Fsp3) is 0.538. The Morgan fingerprint density at radius 2 is 2.32 bits per heavy atom. The van der Waals surface area contributed by atoms with Gasteiger partial charge in [0.1, 0.15) is 5.69 Å². The lowest BCUT2D eigenvalue weighted by Gasteiger charge is -2.27. The number of anilines is 1. The summed E-state index contributed by atoms with van der Waals surface area (Å²) in [6.07, 6.45) is 1.63. The van der Waals surface area contributed by atoms with E-state index in [1.807, 2.05) is 12.1 Å². The first-order chi connectivity index (χ1) is 9.10. The lowest BCUT2D eigenvalue weighted by Crippen LogP contribution is -2.33. The van der Waals surface area contributed by atoms with Gasteiger partial charge in [-0.15, -0.1) is 0 Å². The summed E-state index contributed by atoms with van der Waals surface area (Å²) in [5.41, 5.74) is 7.01. The maximum Gasteiger partial charge on any atom is 0.190 e. The molecule has 0 aliphatic carbocycles. The molecule has 1 aromatic heterocycles. The zero-order valence-corrected chi connectivity index (χ0v) is 11.7. The third-order valence-corrected chi connectivity index (χ3v) is 2.63. The summed E-state index contributed by atoms with van der Waals surface area (Å²) in [4.78, 5) is 6.32. The van der Waals surface area contributed by atoms with Crippen LogP contribution < -0.4 is 10.6 Å². The van der Waals surface area contributed by atoms with E-state index in [9.17, 15) is 0 Å². The number of nitrogens with zero attached hydrogens (tertiary/aromatic N) is 3. The molecule has 19 heavy (non-hydrogen) atoms. The second-order valence-corrected chi connectivity index (χ2v) is 4.69. The van der Waals surface area contributed by atoms with Crippen molar-refractivity contribution >= 4 is 11.5 Å². The number of methoxy groups -OCH3 is 1. The summed E-state index contributed by atoms with van der Waals surface area (Å²) in [6, 6.07) is 3.75. The summed E-state index contributed by atoms with van der Waals surface area (Å²) in [7, 11) is 1.67. The van der Waals surface area contributed by atoms with E-state index in [2.05, 4.69) is 28.9 Å². The van der Waals surface area contributed by atoms with Gasteiger partial charge in [0.15, 0.2) is 5.84 Å². The van der Waals surface area contributed by atoms with Crippen molar-refractivity contribution < 1.29 is 9.94 Å². The molecule has 0 radical (unpaired) electrons. The number of hydrogen-bond acceptors (Lipinski definition) is 5. The first-order valence-corrected chi connectivity index (χ1v) is 6.27. The van der Waals surface area contributed by atoms with E-state index in [0.717, 1.165) is 18.8 Å². The van der Waals surface area contributed by atoms with Crippen molar-refractivity contribution in [3.63, 3.8) is 0 Å². The number of ether oxygens (including phenoxy) is 1. The van der Waals surface area contributed by atoms with E-state index >= 15 is 0 Å². The Bertz CT molecular complexity index is 421. The predicted molar refractivity (Wildman–Crippen MR) is 75.7 cm³/mol. The maximum atomic E-state index is 8.83. The largest absolute Gasteiger partial charge is 0.409 e. The van der Waals surface area contributed by atoms with Crippen molar-refractivity contribution in [1.29, 1.82) is 0 Å². The summed E-state index contributed by atoms with van der Waals surface area (Å²) in [6.45, 7) is 6.46. The van der Waals surface area contributed by atoms with E-state index in [1.54, 1.807) is 13.3 Å². The quantitative estimate of drug-likeness (QED) is 0.336. The number of aromatic nitrogens is 1. The molecular weight excluding hydrogens is 244 g/mol. The lowest BCUT2D eigenvalue weighted by molar-refractivity contribution is 0.204. The van der Waals surface area contributed by atoms with Crippen LogP contribution in [0.25, 0.3) is 0 Å². The van der Waals surface area contributed by atoms with Gasteiger partial charge < -0.3 is 20.6 Å². The van der Waals surface area contributed by atoms with Crippen molar-refractivity contribution in [2.75, 3.05) is 31.7 Å². The fourth-order valence-corrected chi connectivity index (χ4v) is 1.85. The zero-order chi connectivity index (χ0) is 14.3. The molecule has 0 bridgehead atoms. The van der Waals surface area contributed by atoms with Crippen molar-refractivity contribution in [2.45, 2.75) is 13.8 Å². The molecule has 0 aromatic carbocycles. The maximum absolute atomic E-state index is 8.83. The minimum atomic E-state index is 0.0155. The minimum absolute atomic E-state index is 0.0155. The van der Waals surface area contributed by atoms with Gasteiger partial charge in [-0.05, 0) is 18.1 Å². The van der Waals surface area contributed by atoms with E-state index in [-0.39, 0.29) is 5.84 Å². The second kappa shape index (κ2) is 7.58. The Morgan fingerprint density at radius 3 is 2.89 bits per heavy atom. The fourth-order valence-electron chi connectivity index (χ4n) is 1.85. The lowest BCUT2D eigenvalue weighted by atomic mass is 10.1. The van der Waals surface area contributed by atoms with E-state index in [1.165, 1.54) is 0 Å². The summed E-state index contributed by atoms with van der Waals surface area (Å²) >= 11 is 0. The number of pyridine rings is 1. The normalized spacial score (nSPS) is 11.9. The van der Waals surface area contributed by atoms with Crippen LogP contribution in [-0.2, 0) is 4.74 Å². The zero-order valence-electron chi connectivity index (χ0n) is 11.7. The molecule has 0 fully saturated rings. The van der Waals surface area contributed by atoms with E-state index in [4.69, 9.17) is 15.7 Å². The van der Waals surface area contributed by atoms with Crippen molar-refractivity contribution in [3.8, 4) is 0 Å². The highest BCUT2D eigenvalue weighted by Gasteiger charge is 2.15. The van der Waals surface area contributed by atoms with Crippen molar-refractivity contribution in [1.82, 2.24) is 4.98 Å². The highest BCUT2D eigenvalue weighted by molar-refractivity contribution is 6.00. The Kier molecular flexibility index (Phi) is 6.08. The van der Waals surface area contributed by atoms with Crippen LogP contribution in [0.2, 0.25) is 0 Å². The van der Waals surface area contributed by atoms with Crippen LogP contribution in [-0.4, -0.2) is 42.8 Å². The molecule has 0 aliphatic heterocycles. The second-order valence-electron chi connectivity index (χ2n) is 4.69. The average molecular weight is 266 g/mol. The van der Waals surface area contributed by atoms with Gasteiger partial charge in [0, 0.05) is 26.4 Å². The van der Waals surface area contributed by atoms with E-state index < -0.39 is 0 Å². The molecule has 6 nitrogen and oxygen atoms in total. The average Bonchev–Trinajstić information content (AvgIpc) is 2.42. The van der Waals surface area contributed by atoms with Gasteiger partial charge in [0.05, 0.1) is 12.3 Å². The molecule has 0 atom stereocenters. The third-order valence-electron chi connectivity index (χ3n) is 2.63. The molecule has 1 heterocycles. The highest BCUT2D eigenvalue weighted by atomic mass is 16.5. The van der Waals surface area contributed by atoms with E-state index in [0.29, 0.717) is 18.2 Å². The Morgan fingerprint density at radius 1 is 1.58 bits per heavy atom. The number of hydrogen-bond donors (Lipinski definition) is 2. The predicted octanol–water partition coefficient (Wildman–Crippen LogP) is 1.28. The van der Waals surface area contributed by atoms with Crippen molar-refractivity contribution in [3.05, 3.63) is 24.0 Å². The van der Waals surface area contributed by atoms with Gasteiger partial charge in [-0.3, -0.25) is 4.98 Å². The topological polar surface area (TPSA) is 84.0 Å². The van der Waals surface area contributed by atoms with Crippen LogP contribution in [0.4, 0.5) is 5.69 Å². The smallest absolute Gasteiger partial charge is 0.190 e. The molecule has 6 heteroatoms. The summed E-state index contributed by atoms with van der Waals surface area (Å²) in [5.74, 6) is 0.499. The van der Waals surface area contributed by atoms with Gasteiger partial charge in [0.25, 0.3) is 0 Å². The molecule has 1 rings (SSSR count). The highest BCUT2D eigenvalue weighted by Crippen LogP contribution is 2.19. The Hall–Kier alpha value is -1.82. The number of nitrogens with two attached hydrogens (primary N) is 1. The first kappa shape index (κ1) is 15.2. The number of oxime groups is 1. The SMILES string of the molecule is COCCN(CC(C)C)c1cccnc1/C(N)=N/O. The van der Waals surface area contributed by atoms with Crippen LogP contribution in [0.15, 0.2) is 23.5 Å². The van der Waals surface area contributed by atoms with Gasteiger partial charge in [0.2, 0.25) is 0 Å². The molecule has 3 N–H and O–H groups in total. The monoisotopic (exact) mass is 266 g/mol. The van der Waals surface area contributed by atoms with Crippen molar-refractivity contribution in [2.24, 2.45) is 16.8 Å². The van der Waals surface area contributed by atoms with Gasteiger partial charge >= 0.3 is 0 Å². The Labute approximate surface area is 113 Å². The van der Waals surface area contributed by atoms with Gasteiger partial charge in [-0.2, -0.15) is 0 Å². The molecule has 0 spiro atoms. The molecule has 0 amide bonds. The van der Waals surface area contributed by atoms with Gasteiger partial charge in [-0.1, -0.05) is 19.0 Å². The van der Waals surface area contributed by atoms with Crippen LogP contribution in [0, 0.1) is 5.92 Å². The van der Waals surface area contributed by atoms with Crippen LogP contribution in [0.3, 0.4) is 0 Å². The minimum Gasteiger partial charge on any atom is -0.409 e. The third kappa shape index (κ3) is 4.40. The summed E-state index contributed by atoms with van der Waals surface area (Å²) < 4.78 is 5.13. The van der Waals surface area contributed by atoms with Crippen LogP contribution in [0.5, 0.6) is 0 Å². The molecule has 0 unspecified atom stereocenters.